The lowest BCUT2D eigenvalue weighted by Gasteiger charge is -2.08. The molecule has 1 rings (SSSR count). The SMILES string of the molecule is Cc1c(CBr)cccc1CCCCl. The Morgan fingerprint density at radius 1 is 1.31 bits per heavy atom. The van der Waals surface area contributed by atoms with Gasteiger partial charge in [-0.05, 0) is 36.5 Å². The Labute approximate surface area is 93.4 Å². The Balaban J connectivity index is 2.81. The van der Waals surface area contributed by atoms with Gasteiger partial charge in [-0.1, -0.05) is 34.1 Å². The summed E-state index contributed by atoms with van der Waals surface area (Å²) in [5.74, 6) is 0.748. The summed E-state index contributed by atoms with van der Waals surface area (Å²) in [5.41, 5.74) is 4.22. The van der Waals surface area contributed by atoms with E-state index in [9.17, 15) is 0 Å². The summed E-state index contributed by atoms with van der Waals surface area (Å²) in [5, 5.41) is 0.938. The number of aryl methyl sites for hydroxylation is 1. The van der Waals surface area contributed by atoms with E-state index in [1.165, 1.54) is 16.7 Å². The van der Waals surface area contributed by atoms with Crippen LogP contribution in [-0.4, -0.2) is 5.88 Å². The minimum atomic E-state index is 0.748. The van der Waals surface area contributed by atoms with Crippen molar-refractivity contribution < 1.29 is 0 Å². The lowest BCUT2D eigenvalue weighted by molar-refractivity contribution is 0.916. The first-order valence-electron chi connectivity index (χ1n) is 4.49. The molecule has 0 spiro atoms. The van der Waals surface area contributed by atoms with Crippen LogP contribution in [0.15, 0.2) is 18.2 Å². The molecule has 2 heteroatoms. The molecular formula is C11H14BrCl. The summed E-state index contributed by atoms with van der Waals surface area (Å²) in [6.45, 7) is 2.18. The maximum Gasteiger partial charge on any atom is 0.0285 e. The molecule has 0 saturated heterocycles. The fraction of sp³-hybridized carbons (Fsp3) is 0.455. The highest BCUT2D eigenvalue weighted by atomic mass is 79.9. The molecule has 0 radical (unpaired) electrons. The second-order valence-electron chi connectivity index (χ2n) is 3.13. The molecule has 0 amide bonds. The van der Waals surface area contributed by atoms with E-state index < -0.39 is 0 Å². The van der Waals surface area contributed by atoms with E-state index in [4.69, 9.17) is 11.6 Å². The van der Waals surface area contributed by atoms with Gasteiger partial charge in [0.1, 0.15) is 0 Å². The molecule has 0 aliphatic rings. The van der Waals surface area contributed by atoms with E-state index in [-0.39, 0.29) is 0 Å². The van der Waals surface area contributed by atoms with Crippen molar-refractivity contribution in [1.82, 2.24) is 0 Å². The van der Waals surface area contributed by atoms with Gasteiger partial charge in [-0.3, -0.25) is 0 Å². The van der Waals surface area contributed by atoms with Crippen LogP contribution in [0.4, 0.5) is 0 Å². The maximum absolute atomic E-state index is 5.67. The summed E-state index contributed by atoms with van der Waals surface area (Å²) in [6, 6.07) is 6.47. The van der Waals surface area contributed by atoms with Gasteiger partial charge in [0.25, 0.3) is 0 Å². The van der Waals surface area contributed by atoms with Crippen molar-refractivity contribution in [2.45, 2.75) is 25.1 Å². The molecular weight excluding hydrogens is 247 g/mol. The van der Waals surface area contributed by atoms with Crippen LogP contribution in [0.5, 0.6) is 0 Å². The van der Waals surface area contributed by atoms with Crippen LogP contribution in [0.25, 0.3) is 0 Å². The van der Waals surface area contributed by atoms with Crippen molar-refractivity contribution in [3.63, 3.8) is 0 Å². The highest BCUT2D eigenvalue weighted by molar-refractivity contribution is 9.08. The highest BCUT2D eigenvalue weighted by Gasteiger charge is 2.01. The summed E-state index contributed by atoms with van der Waals surface area (Å²) in [6.07, 6.45) is 2.16. The van der Waals surface area contributed by atoms with Gasteiger partial charge >= 0.3 is 0 Å². The lowest BCUT2D eigenvalue weighted by atomic mass is 10.0. The predicted octanol–water partition coefficient (Wildman–Crippen LogP) is 4.06. The van der Waals surface area contributed by atoms with Crippen LogP contribution < -0.4 is 0 Å². The third kappa shape index (κ3) is 2.99. The number of benzene rings is 1. The Kier molecular flexibility index (Phi) is 4.82. The molecule has 0 nitrogen and oxygen atoms in total. The number of halogens is 2. The van der Waals surface area contributed by atoms with Crippen molar-refractivity contribution in [3.05, 3.63) is 34.9 Å². The van der Waals surface area contributed by atoms with E-state index in [2.05, 4.69) is 41.1 Å². The Bertz CT molecular complexity index is 271. The van der Waals surface area contributed by atoms with Crippen molar-refractivity contribution in [1.29, 1.82) is 0 Å². The van der Waals surface area contributed by atoms with Crippen molar-refractivity contribution in [2.75, 3.05) is 5.88 Å². The summed E-state index contributed by atoms with van der Waals surface area (Å²) in [7, 11) is 0. The Morgan fingerprint density at radius 2 is 2.00 bits per heavy atom. The van der Waals surface area contributed by atoms with Crippen LogP contribution in [-0.2, 0) is 11.8 Å². The molecule has 0 fully saturated rings. The summed E-state index contributed by atoms with van der Waals surface area (Å²) >= 11 is 9.15. The minimum absolute atomic E-state index is 0.748. The van der Waals surface area contributed by atoms with Gasteiger partial charge < -0.3 is 0 Å². The molecule has 0 bridgehead atoms. The van der Waals surface area contributed by atoms with Gasteiger partial charge in [0.05, 0.1) is 0 Å². The second kappa shape index (κ2) is 5.66. The first kappa shape index (κ1) is 11.1. The average molecular weight is 262 g/mol. The van der Waals surface area contributed by atoms with Crippen LogP contribution in [0.2, 0.25) is 0 Å². The van der Waals surface area contributed by atoms with Gasteiger partial charge in [-0.25, -0.2) is 0 Å². The normalized spacial score (nSPS) is 10.4. The summed E-state index contributed by atoms with van der Waals surface area (Å²) < 4.78 is 0. The molecule has 0 heterocycles. The van der Waals surface area contributed by atoms with E-state index in [1.54, 1.807) is 0 Å². The third-order valence-corrected chi connectivity index (χ3v) is 3.15. The molecule has 72 valence electrons. The molecule has 0 aliphatic heterocycles. The van der Waals surface area contributed by atoms with Crippen LogP contribution in [0.1, 0.15) is 23.1 Å². The van der Waals surface area contributed by atoms with E-state index in [0.29, 0.717) is 0 Å². The monoisotopic (exact) mass is 260 g/mol. The van der Waals surface area contributed by atoms with Crippen LogP contribution in [0, 0.1) is 6.92 Å². The molecule has 1 aromatic carbocycles. The van der Waals surface area contributed by atoms with Crippen molar-refractivity contribution in [2.24, 2.45) is 0 Å². The lowest BCUT2D eigenvalue weighted by Crippen LogP contribution is -1.94. The fourth-order valence-electron chi connectivity index (χ4n) is 1.41. The Morgan fingerprint density at radius 3 is 2.62 bits per heavy atom. The summed E-state index contributed by atoms with van der Waals surface area (Å²) in [4.78, 5) is 0. The first-order valence-corrected chi connectivity index (χ1v) is 6.14. The maximum atomic E-state index is 5.67. The van der Waals surface area contributed by atoms with Gasteiger partial charge in [0, 0.05) is 11.2 Å². The van der Waals surface area contributed by atoms with Gasteiger partial charge in [0.15, 0.2) is 0 Å². The zero-order valence-electron chi connectivity index (χ0n) is 7.82. The molecule has 1 aromatic rings. The number of rotatable bonds is 4. The van der Waals surface area contributed by atoms with Crippen molar-refractivity contribution in [3.8, 4) is 0 Å². The molecule has 0 unspecified atom stereocenters. The zero-order chi connectivity index (χ0) is 9.68. The van der Waals surface area contributed by atoms with Crippen LogP contribution >= 0.6 is 27.5 Å². The standard InChI is InChI=1S/C11H14BrCl/c1-9-10(6-3-7-13)4-2-5-11(9)8-12/h2,4-5H,3,6-8H2,1H3. The van der Waals surface area contributed by atoms with Crippen LogP contribution in [0.3, 0.4) is 0 Å². The molecule has 13 heavy (non-hydrogen) atoms. The van der Waals surface area contributed by atoms with Crippen molar-refractivity contribution >= 4 is 27.5 Å². The molecule has 0 aromatic heterocycles. The first-order chi connectivity index (χ1) is 6.29. The molecule has 0 aliphatic carbocycles. The smallest absolute Gasteiger partial charge is 0.0285 e. The van der Waals surface area contributed by atoms with E-state index in [1.807, 2.05) is 0 Å². The second-order valence-corrected chi connectivity index (χ2v) is 4.07. The van der Waals surface area contributed by atoms with Gasteiger partial charge in [-0.15, -0.1) is 11.6 Å². The highest BCUT2D eigenvalue weighted by Crippen LogP contribution is 2.17. The third-order valence-electron chi connectivity index (χ3n) is 2.28. The number of alkyl halides is 2. The average Bonchev–Trinajstić information content (AvgIpc) is 2.16. The number of hydrogen-bond acceptors (Lipinski definition) is 0. The number of hydrogen-bond donors (Lipinski definition) is 0. The predicted molar refractivity (Wildman–Crippen MR) is 62.9 cm³/mol. The van der Waals surface area contributed by atoms with Gasteiger partial charge in [-0.2, -0.15) is 0 Å². The van der Waals surface area contributed by atoms with Gasteiger partial charge in [0.2, 0.25) is 0 Å². The Hall–Kier alpha value is -0.0100. The molecule has 0 atom stereocenters. The molecule has 0 saturated carbocycles. The zero-order valence-corrected chi connectivity index (χ0v) is 10.2. The topological polar surface area (TPSA) is 0 Å². The molecule has 0 N–H and O–H groups in total. The van der Waals surface area contributed by atoms with E-state index in [0.717, 1.165) is 24.1 Å². The quantitative estimate of drug-likeness (QED) is 0.717. The largest absolute Gasteiger partial charge is 0.127 e. The minimum Gasteiger partial charge on any atom is -0.127 e. The van der Waals surface area contributed by atoms with E-state index >= 15 is 0 Å². The fourth-order valence-corrected chi connectivity index (χ4v) is 2.15.